The predicted octanol–water partition coefficient (Wildman–Crippen LogP) is 1.49. The molecular weight excluding hydrogens is 164 g/mol. The molecule has 0 heterocycles. The molecule has 0 unspecified atom stereocenters. The summed E-state index contributed by atoms with van der Waals surface area (Å²) in [6, 6.07) is 7.87. The molecule has 0 radical (unpaired) electrons. The lowest BCUT2D eigenvalue weighted by Crippen LogP contribution is -2.04. The average Bonchev–Trinajstić information content (AvgIpc) is 2.09. The van der Waals surface area contributed by atoms with E-state index in [1.54, 1.807) is 0 Å². The van der Waals surface area contributed by atoms with E-state index in [0.717, 1.165) is 5.56 Å². The number of hydrogen-bond donors (Lipinski definition) is 1. The van der Waals surface area contributed by atoms with Crippen molar-refractivity contribution in [3.8, 4) is 0 Å². The Kier molecular flexibility index (Phi) is 3.65. The van der Waals surface area contributed by atoms with Gasteiger partial charge in [0.15, 0.2) is 0 Å². The van der Waals surface area contributed by atoms with Gasteiger partial charge < -0.3 is 5.11 Å². The number of rotatable bonds is 4. The summed E-state index contributed by atoms with van der Waals surface area (Å²) < 4.78 is 0. The van der Waals surface area contributed by atoms with Crippen molar-refractivity contribution in [3.63, 3.8) is 0 Å². The monoisotopic (exact) mass is 178 g/mol. The van der Waals surface area contributed by atoms with Gasteiger partial charge in [-0.2, -0.15) is 0 Å². The minimum atomic E-state index is -0.0509. The normalized spacial score (nSPS) is 10.0. The van der Waals surface area contributed by atoms with Crippen LogP contribution in [-0.4, -0.2) is 17.5 Å². The van der Waals surface area contributed by atoms with Crippen LogP contribution in [0.2, 0.25) is 0 Å². The maximum Gasteiger partial charge on any atom is 0.139 e. The van der Waals surface area contributed by atoms with Crippen molar-refractivity contribution in [2.24, 2.45) is 0 Å². The number of Topliss-reactive ketones (excluding diaryl/α,β-unsaturated/α-hetero) is 1. The Balaban J connectivity index is 2.54. The molecule has 0 aliphatic heterocycles. The quantitative estimate of drug-likeness (QED) is 0.758. The van der Waals surface area contributed by atoms with Crippen molar-refractivity contribution >= 4 is 5.78 Å². The molecule has 70 valence electrons. The van der Waals surface area contributed by atoms with Crippen molar-refractivity contribution < 1.29 is 9.90 Å². The number of hydrogen-bond acceptors (Lipinski definition) is 2. The van der Waals surface area contributed by atoms with Crippen molar-refractivity contribution in [2.75, 3.05) is 6.61 Å². The summed E-state index contributed by atoms with van der Waals surface area (Å²) in [4.78, 5) is 11.1. The molecular formula is C11H14O2. The third-order valence-corrected chi connectivity index (χ3v) is 1.91. The second-order valence-corrected chi connectivity index (χ2v) is 3.17. The van der Waals surface area contributed by atoms with E-state index in [9.17, 15) is 4.79 Å². The van der Waals surface area contributed by atoms with Gasteiger partial charge in [-0.3, -0.25) is 4.79 Å². The summed E-state index contributed by atoms with van der Waals surface area (Å²) in [6.07, 6.45) is 0.689. The first-order valence-electron chi connectivity index (χ1n) is 4.40. The van der Waals surface area contributed by atoms with Crippen LogP contribution >= 0.6 is 0 Å². The van der Waals surface area contributed by atoms with Crippen LogP contribution < -0.4 is 0 Å². The van der Waals surface area contributed by atoms with Gasteiger partial charge >= 0.3 is 0 Å². The SMILES string of the molecule is Cc1ccc(CC(=O)CCO)cc1. The highest BCUT2D eigenvalue weighted by Gasteiger charge is 2.01. The molecule has 0 aliphatic carbocycles. The number of aliphatic hydroxyl groups is 1. The van der Waals surface area contributed by atoms with Gasteiger partial charge in [-0.25, -0.2) is 0 Å². The van der Waals surface area contributed by atoms with Crippen LogP contribution in [0.3, 0.4) is 0 Å². The lowest BCUT2D eigenvalue weighted by Gasteiger charge is -1.99. The summed E-state index contributed by atoms with van der Waals surface area (Å²) in [5.74, 6) is 0.0892. The minimum absolute atomic E-state index is 0.0509. The highest BCUT2D eigenvalue weighted by atomic mass is 16.3. The second kappa shape index (κ2) is 4.77. The zero-order valence-electron chi connectivity index (χ0n) is 7.79. The van der Waals surface area contributed by atoms with E-state index >= 15 is 0 Å². The summed E-state index contributed by atoms with van der Waals surface area (Å²) in [5, 5.41) is 8.54. The molecule has 0 aliphatic rings. The number of aryl methyl sites for hydroxylation is 1. The van der Waals surface area contributed by atoms with E-state index in [4.69, 9.17) is 5.11 Å². The second-order valence-electron chi connectivity index (χ2n) is 3.17. The van der Waals surface area contributed by atoms with Gasteiger partial charge in [0.1, 0.15) is 5.78 Å². The molecule has 0 amide bonds. The molecule has 13 heavy (non-hydrogen) atoms. The first-order chi connectivity index (χ1) is 6.22. The molecule has 0 saturated heterocycles. The fraction of sp³-hybridized carbons (Fsp3) is 0.364. The van der Waals surface area contributed by atoms with Crippen LogP contribution in [0.4, 0.5) is 0 Å². The van der Waals surface area contributed by atoms with E-state index in [1.165, 1.54) is 5.56 Å². The first-order valence-corrected chi connectivity index (χ1v) is 4.40. The molecule has 0 fully saturated rings. The third-order valence-electron chi connectivity index (χ3n) is 1.91. The third kappa shape index (κ3) is 3.38. The van der Waals surface area contributed by atoms with Crippen LogP contribution in [0.25, 0.3) is 0 Å². The lowest BCUT2D eigenvalue weighted by molar-refractivity contribution is -0.119. The van der Waals surface area contributed by atoms with Crippen molar-refractivity contribution in [1.82, 2.24) is 0 Å². The van der Waals surface area contributed by atoms with Gasteiger partial charge in [0.25, 0.3) is 0 Å². The molecule has 2 heteroatoms. The highest BCUT2D eigenvalue weighted by molar-refractivity contribution is 5.80. The molecule has 1 N–H and O–H groups in total. The number of benzene rings is 1. The van der Waals surface area contributed by atoms with E-state index < -0.39 is 0 Å². The van der Waals surface area contributed by atoms with Crippen molar-refractivity contribution in [2.45, 2.75) is 19.8 Å². The Hall–Kier alpha value is -1.15. The van der Waals surface area contributed by atoms with Gasteiger partial charge in [0, 0.05) is 19.4 Å². The summed E-state index contributed by atoms with van der Waals surface area (Å²) >= 11 is 0. The Morgan fingerprint density at radius 3 is 2.46 bits per heavy atom. The van der Waals surface area contributed by atoms with E-state index in [-0.39, 0.29) is 18.8 Å². The van der Waals surface area contributed by atoms with Crippen molar-refractivity contribution in [3.05, 3.63) is 35.4 Å². The lowest BCUT2D eigenvalue weighted by atomic mass is 10.1. The topological polar surface area (TPSA) is 37.3 Å². The minimum Gasteiger partial charge on any atom is -0.396 e. The molecule has 0 atom stereocenters. The maximum atomic E-state index is 11.1. The molecule has 1 aromatic rings. The zero-order chi connectivity index (χ0) is 9.68. The van der Waals surface area contributed by atoms with E-state index in [2.05, 4.69) is 0 Å². The molecule has 2 nitrogen and oxygen atoms in total. The highest BCUT2D eigenvalue weighted by Crippen LogP contribution is 2.04. The number of ketones is 1. The predicted molar refractivity (Wildman–Crippen MR) is 51.6 cm³/mol. The Labute approximate surface area is 78.2 Å². The summed E-state index contributed by atoms with van der Waals surface area (Å²) in [6.45, 7) is 1.96. The molecule has 0 bridgehead atoms. The smallest absolute Gasteiger partial charge is 0.139 e. The standard InChI is InChI=1S/C11H14O2/c1-9-2-4-10(5-3-9)8-11(13)6-7-12/h2-5,12H,6-8H2,1H3. The molecule has 1 rings (SSSR count). The van der Waals surface area contributed by atoms with Crippen LogP contribution in [0.15, 0.2) is 24.3 Å². The van der Waals surface area contributed by atoms with Gasteiger partial charge in [-0.05, 0) is 12.5 Å². The van der Waals surface area contributed by atoms with Crippen LogP contribution in [-0.2, 0) is 11.2 Å². The Morgan fingerprint density at radius 1 is 1.31 bits per heavy atom. The largest absolute Gasteiger partial charge is 0.396 e. The molecule has 0 saturated carbocycles. The van der Waals surface area contributed by atoms with Crippen molar-refractivity contribution in [1.29, 1.82) is 0 Å². The van der Waals surface area contributed by atoms with Crippen LogP contribution in [0.1, 0.15) is 17.5 Å². The maximum absolute atomic E-state index is 11.1. The number of carbonyl (C=O) groups is 1. The Bertz CT molecular complexity index is 275. The molecule has 0 aromatic heterocycles. The number of carbonyl (C=O) groups excluding carboxylic acids is 1. The zero-order valence-corrected chi connectivity index (χ0v) is 7.79. The molecule has 0 spiro atoms. The van der Waals surface area contributed by atoms with E-state index in [0.29, 0.717) is 6.42 Å². The summed E-state index contributed by atoms with van der Waals surface area (Å²) in [7, 11) is 0. The van der Waals surface area contributed by atoms with Crippen LogP contribution in [0.5, 0.6) is 0 Å². The summed E-state index contributed by atoms with van der Waals surface area (Å²) in [5.41, 5.74) is 2.21. The average molecular weight is 178 g/mol. The van der Waals surface area contributed by atoms with Gasteiger partial charge in [-0.15, -0.1) is 0 Å². The molecule has 1 aromatic carbocycles. The van der Waals surface area contributed by atoms with E-state index in [1.807, 2.05) is 31.2 Å². The number of aliphatic hydroxyl groups excluding tert-OH is 1. The fourth-order valence-electron chi connectivity index (χ4n) is 1.15. The van der Waals surface area contributed by atoms with Gasteiger partial charge in [0.05, 0.1) is 0 Å². The fourth-order valence-corrected chi connectivity index (χ4v) is 1.15. The van der Waals surface area contributed by atoms with Crippen LogP contribution in [0, 0.1) is 6.92 Å². The van der Waals surface area contributed by atoms with Gasteiger partial charge in [-0.1, -0.05) is 29.8 Å². The Morgan fingerprint density at radius 2 is 1.92 bits per heavy atom. The first kappa shape index (κ1) is 9.93. The van der Waals surface area contributed by atoms with Gasteiger partial charge in [0.2, 0.25) is 0 Å².